The first-order valence-electron chi connectivity index (χ1n) is 8.27. The Morgan fingerprint density at radius 3 is 3.00 bits per heavy atom. The third-order valence-corrected chi connectivity index (χ3v) is 4.30. The summed E-state index contributed by atoms with van der Waals surface area (Å²) in [5.41, 5.74) is 0.699. The summed E-state index contributed by atoms with van der Waals surface area (Å²) in [4.78, 5) is 26.4. The number of amides is 1. The number of carbonyl (C=O) groups is 1. The Balaban J connectivity index is 1.36. The average molecular weight is 354 g/mol. The molecule has 134 valence electrons. The van der Waals surface area contributed by atoms with Gasteiger partial charge in [0, 0.05) is 44.9 Å². The van der Waals surface area contributed by atoms with E-state index in [0.717, 1.165) is 6.42 Å². The molecule has 26 heavy (non-hydrogen) atoms. The molecule has 1 aliphatic heterocycles. The van der Waals surface area contributed by atoms with E-state index in [2.05, 4.69) is 25.3 Å². The van der Waals surface area contributed by atoms with Crippen molar-refractivity contribution in [3.05, 3.63) is 48.7 Å². The standard InChI is InChI=1S/C16H18N8O2/c1-22-7-5-19-15(22)16(25)23-6-2-13(10-23)24-9-12(20-21-24)11-26-14-8-17-3-4-18-14/h3-5,7-9,13H,2,6,10-11H2,1H3. The molecular weight excluding hydrogens is 336 g/mol. The number of imidazole rings is 1. The molecule has 0 saturated carbocycles. The van der Waals surface area contributed by atoms with Crippen molar-refractivity contribution in [3.8, 4) is 5.88 Å². The largest absolute Gasteiger partial charge is 0.470 e. The number of hydrogen-bond donors (Lipinski definition) is 0. The quantitative estimate of drug-likeness (QED) is 0.656. The molecule has 0 radical (unpaired) electrons. The van der Waals surface area contributed by atoms with Crippen LogP contribution in [0.1, 0.15) is 28.8 Å². The molecule has 4 rings (SSSR count). The van der Waals surface area contributed by atoms with Crippen LogP contribution in [0.3, 0.4) is 0 Å². The van der Waals surface area contributed by atoms with Crippen LogP contribution in [0.2, 0.25) is 0 Å². The number of likely N-dealkylation sites (tertiary alicyclic amines) is 1. The first-order valence-corrected chi connectivity index (χ1v) is 8.27. The van der Waals surface area contributed by atoms with Crippen molar-refractivity contribution in [2.75, 3.05) is 13.1 Å². The molecule has 1 saturated heterocycles. The van der Waals surface area contributed by atoms with Gasteiger partial charge in [0.05, 0.1) is 18.4 Å². The van der Waals surface area contributed by atoms with E-state index in [9.17, 15) is 4.79 Å². The van der Waals surface area contributed by atoms with Crippen molar-refractivity contribution < 1.29 is 9.53 Å². The van der Waals surface area contributed by atoms with Crippen LogP contribution in [-0.4, -0.2) is 58.4 Å². The lowest BCUT2D eigenvalue weighted by molar-refractivity contribution is 0.0771. The van der Waals surface area contributed by atoms with Gasteiger partial charge in [0.1, 0.15) is 12.3 Å². The second kappa shape index (κ2) is 6.90. The Bertz CT molecular complexity index is 891. The molecule has 4 heterocycles. The van der Waals surface area contributed by atoms with Crippen LogP contribution >= 0.6 is 0 Å². The Hall–Kier alpha value is -3.30. The van der Waals surface area contributed by atoms with E-state index in [1.165, 1.54) is 0 Å². The summed E-state index contributed by atoms with van der Waals surface area (Å²) >= 11 is 0. The summed E-state index contributed by atoms with van der Waals surface area (Å²) in [7, 11) is 1.81. The molecule has 3 aromatic rings. The van der Waals surface area contributed by atoms with E-state index < -0.39 is 0 Å². The maximum absolute atomic E-state index is 12.5. The Morgan fingerprint density at radius 2 is 2.23 bits per heavy atom. The first kappa shape index (κ1) is 16.2. The van der Waals surface area contributed by atoms with Crippen molar-refractivity contribution in [2.45, 2.75) is 19.1 Å². The van der Waals surface area contributed by atoms with Crippen LogP contribution in [0.4, 0.5) is 0 Å². The van der Waals surface area contributed by atoms with Gasteiger partial charge in [0.15, 0.2) is 5.82 Å². The second-order valence-electron chi connectivity index (χ2n) is 6.08. The van der Waals surface area contributed by atoms with Crippen LogP contribution in [0.25, 0.3) is 0 Å². The highest BCUT2D eigenvalue weighted by atomic mass is 16.5. The first-order chi connectivity index (χ1) is 12.7. The van der Waals surface area contributed by atoms with Gasteiger partial charge in [-0.15, -0.1) is 5.10 Å². The summed E-state index contributed by atoms with van der Waals surface area (Å²) in [6, 6.07) is 0.0944. The lowest BCUT2D eigenvalue weighted by Crippen LogP contribution is -2.31. The summed E-state index contributed by atoms with van der Waals surface area (Å²) < 4.78 is 9.05. The Kier molecular flexibility index (Phi) is 4.30. The predicted molar refractivity (Wildman–Crippen MR) is 89.2 cm³/mol. The highest BCUT2D eigenvalue weighted by Gasteiger charge is 2.30. The molecule has 1 unspecified atom stereocenters. The topological polar surface area (TPSA) is 104 Å². The van der Waals surface area contributed by atoms with Crippen LogP contribution in [0.15, 0.2) is 37.2 Å². The number of carbonyl (C=O) groups excluding carboxylic acids is 1. The van der Waals surface area contributed by atoms with Gasteiger partial charge in [-0.1, -0.05) is 5.21 Å². The van der Waals surface area contributed by atoms with E-state index in [0.29, 0.717) is 30.5 Å². The lowest BCUT2D eigenvalue weighted by atomic mass is 10.3. The minimum atomic E-state index is -0.0636. The fourth-order valence-electron chi connectivity index (χ4n) is 2.92. The monoisotopic (exact) mass is 354 g/mol. The van der Waals surface area contributed by atoms with Gasteiger partial charge in [-0.2, -0.15) is 0 Å². The van der Waals surface area contributed by atoms with Crippen molar-refractivity contribution in [1.82, 2.24) is 39.4 Å². The van der Waals surface area contributed by atoms with Crippen LogP contribution in [0.5, 0.6) is 5.88 Å². The molecular formula is C16H18N8O2. The molecule has 0 aliphatic carbocycles. The molecule has 10 nitrogen and oxygen atoms in total. The number of ether oxygens (including phenoxy) is 1. The summed E-state index contributed by atoms with van der Waals surface area (Å²) in [5, 5.41) is 8.31. The number of aryl methyl sites for hydroxylation is 1. The zero-order valence-electron chi connectivity index (χ0n) is 14.3. The average Bonchev–Trinajstić information content (AvgIpc) is 3.40. The van der Waals surface area contributed by atoms with Gasteiger partial charge in [0.2, 0.25) is 5.88 Å². The van der Waals surface area contributed by atoms with Gasteiger partial charge in [-0.25, -0.2) is 14.6 Å². The van der Waals surface area contributed by atoms with Gasteiger partial charge < -0.3 is 14.2 Å². The van der Waals surface area contributed by atoms with E-state index in [4.69, 9.17) is 4.74 Å². The van der Waals surface area contributed by atoms with E-state index >= 15 is 0 Å². The lowest BCUT2D eigenvalue weighted by Gasteiger charge is -2.16. The molecule has 1 amide bonds. The number of aromatic nitrogens is 7. The van der Waals surface area contributed by atoms with Gasteiger partial charge in [-0.3, -0.25) is 9.78 Å². The molecule has 0 aromatic carbocycles. The van der Waals surface area contributed by atoms with Crippen molar-refractivity contribution in [1.29, 1.82) is 0 Å². The minimum absolute atomic E-state index is 0.0636. The van der Waals surface area contributed by atoms with E-state index in [1.54, 1.807) is 45.1 Å². The molecule has 1 atom stereocenters. The number of rotatable bonds is 5. The summed E-state index contributed by atoms with van der Waals surface area (Å²) in [6.07, 6.45) is 10.8. The van der Waals surface area contributed by atoms with Gasteiger partial charge >= 0.3 is 0 Å². The second-order valence-corrected chi connectivity index (χ2v) is 6.08. The molecule has 3 aromatic heterocycles. The van der Waals surface area contributed by atoms with Crippen molar-refractivity contribution in [2.24, 2.45) is 7.05 Å². The van der Waals surface area contributed by atoms with Crippen LogP contribution < -0.4 is 4.74 Å². The highest BCUT2D eigenvalue weighted by molar-refractivity contribution is 5.91. The minimum Gasteiger partial charge on any atom is -0.470 e. The highest BCUT2D eigenvalue weighted by Crippen LogP contribution is 2.22. The SMILES string of the molecule is Cn1ccnc1C(=O)N1CCC(n2cc(COc3cnccn3)nn2)C1. The van der Waals surface area contributed by atoms with Crippen LogP contribution in [0, 0.1) is 0 Å². The molecule has 1 fully saturated rings. The maximum atomic E-state index is 12.5. The molecule has 0 spiro atoms. The van der Waals surface area contributed by atoms with Gasteiger partial charge in [0.25, 0.3) is 5.91 Å². The molecule has 0 bridgehead atoms. The third kappa shape index (κ3) is 3.25. The Morgan fingerprint density at radius 1 is 1.31 bits per heavy atom. The van der Waals surface area contributed by atoms with Crippen molar-refractivity contribution >= 4 is 5.91 Å². The fraction of sp³-hybridized carbons (Fsp3) is 0.375. The smallest absolute Gasteiger partial charge is 0.289 e. The van der Waals surface area contributed by atoms with Crippen LogP contribution in [-0.2, 0) is 13.7 Å². The van der Waals surface area contributed by atoms with Gasteiger partial charge in [-0.05, 0) is 6.42 Å². The zero-order chi connectivity index (χ0) is 17.9. The molecule has 1 aliphatic rings. The predicted octanol–water partition coefficient (Wildman–Crippen LogP) is 0.468. The maximum Gasteiger partial charge on any atom is 0.289 e. The third-order valence-electron chi connectivity index (χ3n) is 4.30. The Labute approximate surface area is 149 Å². The normalized spacial score (nSPS) is 16.8. The zero-order valence-corrected chi connectivity index (χ0v) is 14.3. The number of hydrogen-bond acceptors (Lipinski definition) is 7. The number of nitrogens with zero attached hydrogens (tertiary/aromatic N) is 8. The summed E-state index contributed by atoms with van der Waals surface area (Å²) in [5.74, 6) is 0.823. The van der Waals surface area contributed by atoms with E-state index in [1.807, 2.05) is 13.2 Å². The fourth-order valence-corrected chi connectivity index (χ4v) is 2.92. The van der Waals surface area contributed by atoms with Crippen molar-refractivity contribution in [3.63, 3.8) is 0 Å². The summed E-state index contributed by atoms with van der Waals surface area (Å²) in [6.45, 7) is 1.52. The molecule has 10 heteroatoms. The molecule has 0 N–H and O–H groups in total. The van der Waals surface area contributed by atoms with E-state index in [-0.39, 0.29) is 18.6 Å².